The molecule has 1 aromatic rings. The summed E-state index contributed by atoms with van der Waals surface area (Å²) in [4.78, 5) is 30.9. The maximum atomic E-state index is 11.8. The Morgan fingerprint density at radius 1 is 1.22 bits per heavy atom. The molecule has 2 heterocycles. The van der Waals surface area contributed by atoms with Gasteiger partial charge in [0.2, 0.25) is 0 Å². The molecule has 1 atom stereocenters. The second-order valence-corrected chi connectivity index (χ2v) is 5.36. The fraction of sp³-hybridized carbons (Fsp3) is 0.471. The number of carbonyl (C=O) groups is 2. The van der Waals surface area contributed by atoms with Crippen molar-refractivity contribution < 1.29 is 19.1 Å². The number of esters is 2. The number of H-pyrrole nitrogens is 1. The van der Waals surface area contributed by atoms with Crippen LogP contribution in [-0.4, -0.2) is 41.9 Å². The van der Waals surface area contributed by atoms with Gasteiger partial charge in [0.1, 0.15) is 11.4 Å². The van der Waals surface area contributed by atoms with Crippen molar-refractivity contribution in [1.82, 2.24) is 4.98 Å². The lowest BCUT2D eigenvalue weighted by Crippen LogP contribution is -2.14. The van der Waals surface area contributed by atoms with Gasteiger partial charge in [-0.2, -0.15) is 0 Å². The molecule has 1 aliphatic rings. The quantitative estimate of drug-likeness (QED) is 0.817. The number of nitrogens with zero attached hydrogens (tertiary/aromatic N) is 1. The van der Waals surface area contributed by atoms with Crippen LogP contribution in [0.25, 0.3) is 0 Å². The number of aromatic amines is 1. The zero-order valence-electron chi connectivity index (χ0n) is 13.9. The van der Waals surface area contributed by atoms with Crippen LogP contribution in [0.15, 0.2) is 22.7 Å². The highest BCUT2D eigenvalue weighted by atomic mass is 16.5. The van der Waals surface area contributed by atoms with Gasteiger partial charge in [0, 0.05) is 5.69 Å². The first-order valence-corrected chi connectivity index (χ1v) is 7.77. The number of ether oxygens (including phenoxy) is 2. The van der Waals surface area contributed by atoms with Crippen LogP contribution in [0.3, 0.4) is 0 Å². The maximum absolute atomic E-state index is 11.8. The van der Waals surface area contributed by atoms with Crippen molar-refractivity contribution in [1.29, 1.82) is 0 Å². The van der Waals surface area contributed by atoms with Crippen LogP contribution in [0.4, 0.5) is 0 Å². The van der Waals surface area contributed by atoms with Crippen molar-refractivity contribution in [2.75, 3.05) is 13.2 Å². The van der Waals surface area contributed by atoms with Crippen molar-refractivity contribution in [2.45, 2.75) is 40.2 Å². The first-order chi connectivity index (χ1) is 11.0. The van der Waals surface area contributed by atoms with Crippen LogP contribution in [0, 0.1) is 6.92 Å². The first-order valence-electron chi connectivity index (χ1n) is 7.77. The fourth-order valence-electron chi connectivity index (χ4n) is 2.46. The van der Waals surface area contributed by atoms with Gasteiger partial charge < -0.3 is 14.5 Å². The van der Waals surface area contributed by atoms with E-state index in [4.69, 9.17) is 9.47 Å². The molecule has 0 saturated carbocycles. The van der Waals surface area contributed by atoms with Crippen LogP contribution in [-0.2, 0) is 20.7 Å². The van der Waals surface area contributed by atoms with Crippen molar-refractivity contribution >= 4 is 17.7 Å². The number of hydrogen-bond donors (Lipinski definition) is 1. The molecule has 0 aliphatic carbocycles. The molecular formula is C17H22N2O4. The molecule has 0 aromatic carbocycles. The molecule has 2 rings (SSSR count). The third kappa shape index (κ3) is 3.88. The van der Waals surface area contributed by atoms with Gasteiger partial charge in [-0.15, -0.1) is 0 Å². The van der Waals surface area contributed by atoms with E-state index in [0.29, 0.717) is 31.0 Å². The molecule has 0 spiro atoms. The summed E-state index contributed by atoms with van der Waals surface area (Å²) in [5.41, 5.74) is 3.72. The summed E-state index contributed by atoms with van der Waals surface area (Å²) >= 11 is 0. The number of rotatable bonds is 6. The van der Waals surface area contributed by atoms with E-state index in [1.54, 1.807) is 26.0 Å². The largest absolute Gasteiger partial charge is 0.461 e. The molecule has 23 heavy (non-hydrogen) atoms. The minimum Gasteiger partial charge on any atom is -0.461 e. The zero-order chi connectivity index (χ0) is 17.0. The van der Waals surface area contributed by atoms with E-state index in [-0.39, 0.29) is 12.0 Å². The van der Waals surface area contributed by atoms with Crippen molar-refractivity contribution in [3.63, 3.8) is 0 Å². The predicted molar refractivity (Wildman–Crippen MR) is 86.8 cm³/mol. The minimum absolute atomic E-state index is 0.0743. The third-order valence-electron chi connectivity index (χ3n) is 3.69. The molecule has 1 N–H and O–H groups in total. The Kier molecular flexibility index (Phi) is 5.36. The lowest BCUT2D eigenvalue weighted by molar-refractivity contribution is -0.134. The van der Waals surface area contributed by atoms with Gasteiger partial charge in [0.15, 0.2) is 0 Å². The molecule has 1 unspecified atom stereocenters. The lowest BCUT2D eigenvalue weighted by Gasteiger charge is -2.06. The zero-order valence-corrected chi connectivity index (χ0v) is 13.9. The highest BCUT2D eigenvalue weighted by molar-refractivity contribution is 6.42. The number of carbonyl (C=O) groups excluding carboxylic acids is 2. The van der Waals surface area contributed by atoms with Crippen molar-refractivity contribution in [3.8, 4) is 0 Å². The molecule has 6 heteroatoms. The second kappa shape index (κ2) is 7.26. The van der Waals surface area contributed by atoms with Crippen molar-refractivity contribution in [3.05, 3.63) is 34.7 Å². The van der Waals surface area contributed by atoms with Crippen LogP contribution in [0.1, 0.15) is 42.5 Å². The Bertz CT molecular complexity index is 670. The molecule has 0 fully saturated rings. The van der Waals surface area contributed by atoms with E-state index >= 15 is 0 Å². The molecular weight excluding hydrogens is 296 g/mol. The average molecular weight is 318 g/mol. The van der Waals surface area contributed by atoms with Gasteiger partial charge >= 0.3 is 11.9 Å². The molecule has 0 radical (unpaired) electrons. The van der Waals surface area contributed by atoms with Gasteiger partial charge in [-0.25, -0.2) is 9.59 Å². The van der Waals surface area contributed by atoms with Crippen molar-refractivity contribution in [2.24, 2.45) is 4.99 Å². The Balaban J connectivity index is 2.12. The summed E-state index contributed by atoms with van der Waals surface area (Å²) in [6, 6.07) is 1.72. The van der Waals surface area contributed by atoms with E-state index in [9.17, 15) is 9.59 Å². The molecule has 0 amide bonds. The fourth-order valence-corrected chi connectivity index (χ4v) is 2.46. The van der Waals surface area contributed by atoms with Gasteiger partial charge in [-0.1, -0.05) is 0 Å². The van der Waals surface area contributed by atoms with E-state index in [2.05, 4.69) is 9.98 Å². The summed E-state index contributed by atoms with van der Waals surface area (Å²) in [5.74, 6) is -0.758. The van der Waals surface area contributed by atoms with Gasteiger partial charge in [0.25, 0.3) is 0 Å². The smallest absolute Gasteiger partial charge is 0.356 e. The number of nitrogens with one attached hydrogen (secondary N) is 1. The molecule has 0 bridgehead atoms. The molecule has 1 aliphatic heterocycles. The van der Waals surface area contributed by atoms with Crippen LogP contribution in [0.2, 0.25) is 0 Å². The predicted octanol–water partition coefficient (Wildman–Crippen LogP) is 2.37. The first kappa shape index (κ1) is 17.0. The van der Waals surface area contributed by atoms with Gasteiger partial charge in [0.05, 0.1) is 19.3 Å². The van der Waals surface area contributed by atoms with Gasteiger partial charge in [-0.3, -0.25) is 4.99 Å². The number of aromatic nitrogens is 1. The number of aliphatic imine (C=N–C) groups is 1. The Hall–Kier alpha value is -2.37. The highest BCUT2D eigenvalue weighted by Gasteiger charge is 2.23. The molecule has 6 nitrogen and oxygen atoms in total. The Morgan fingerprint density at radius 2 is 1.87 bits per heavy atom. The van der Waals surface area contributed by atoms with E-state index in [1.807, 2.05) is 13.8 Å². The monoisotopic (exact) mass is 318 g/mol. The average Bonchev–Trinajstić information content (AvgIpc) is 3.04. The topological polar surface area (TPSA) is 80.8 Å². The SMILES string of the molecule is CCOC(=O)C1=NC(C)C(Cc2cc(C(=O)OCC)[nH]c2C)=C1. The summed E-state index contributed by atoms with van der Waals surface area (Å²) in [7, 11) is 0. The minimum atomic E-state index is -0.396. The number of aryl methyl sites for hydroxylation is 1. The third-order valence-corrected chi connectivity index (χ3v) is 3.69. The molecule has 0 saturated heterocycles. The Labute approximate surface area is 135 Å². The van der Waals surface area contributed by atoms with E-state index in [1.165, 1.54) is 0 Å². The second-order valence-electron chi connectivity index (χ2n) is 5.36. The normalized spacial score (nSPS) is 16.8. The summed E-state index contributed by atoms with van der Waals surface area (Å²) in [6.45, 7) is 8.05. The summed E-state index contributed by atoms with van der Waals surface area (Å²) in [6.07, 6.45) is 2.40. The molecule has 1 aromatic heterocycles. The number of hydrogen-bond acceptors (Lipinski definition) is 5. The standard InChI is InChI=1S/C17H22N2O4/c1-5-22-16(20)14-8-12(10(3)18-14)7-13-9-15(19-11(13)4)17(21)23-6-2/h8-10,19H,5-7H2,1-4H3. The maximum Gasteiger partial charge on any atom is 0.356 e. The van der Waals surface area contributed by atoms with E-state index < -0.39 is 5.97 Å². The summed E-state index contributed by atoms with van der Waals surface area (Å²) in [5, 5.41) is 0. The summed E-state index contributed by atoms with van der Waals surface area (Å²) < 4.78 is 9.97. The molecule has 124 valence electrons. The van der Waals surface area contributed by atoms with Crippen LogP contribution < -0.4 is 0 Å². The highest BCUT2D eigenvalue weighted by Crippen LogP contribution is 2.22. The van der Waals surface area contributed by atoms with Crippen LogP contribution >= 0.6 is 0 Å². The Morgan fingerprint density at radius 3 is 2.52 bits per heavy atom. The van der Waals surface area contributed by atoms with E-state index in [0.717, 1.165) is 16.8 Å². The van der Waals surface area contributed by atoms with Crippen LogP contribution in [0.5, 0.6) is 0 Å². The lowest BCUT2D eigenvalue weighted by atomic mass is 10.0. The van der Waals surface area contributed by atoms with Gasteiger partial charge in [-0.05, 0) is 57.4 Å².